The maximum atomic E-state index is 11.6. The Hall–Kier alpha value is -1.34. The van der Waals surface area contributed by atoms with Gasteiger partial charge < -0.3 is 20.8 Å². The molecule has 1 heterocycles. The van der Waals surface area contributed by atoms with Crippen molar-refractivity contribution in [1.82, 2.24) is 15.5 Å². The van der Waals surface area contributed by atoms with Gasteiger partial charge in [-0.15, -0.1) is 0 Å². The first-order chi connectivity index (χ1) is 9.34. The molecule has 0 spiro atoms. The molecule has 0 aliphatic carbocycles. The van der Waals surface area contributed by atoms with Crippen LogP contribution in [0.1, 0.15) is 33.1 Å². The highest BCUT2D eigenvalue weighted by atomic mass is 16.4. The van der Waals surface area contributed by atoms with Gasteiger partial charge in [-0.05, 0) is 32.9 Å². The third-order valence-corrected chi connectivity index (χ3v) is 3.57. The Bertz CT molecular complexity index is 347. The number of carbonyl (C=O) groups excluding carboxylic acids is 1. The Kier molecular flexibility index (Phi) is 6.22. The minimum atomic E-state index is -1.44. The molecule has 1 saturated heterocycles. The molecule has 1 aliphatic rings. The fraction of sp³-hybridized carbons (Fsp3) is 0.846. The van der Waals surface area contributed by atoms with Crippen molar-refractivity contribution in [2.75, 3.05) is 26.2 Å². The highest BCUT2D eigenvalue weighted by Gasteiger charge is 2.26. The van der Waals surface area contributed by atoms with Gasteiger partial charge in [0.15, 0.2) is 0 Å². The second-order valence-electron chi connectivity index (χ2n) is 5.56. The van der Waals surface area contributed by atoms with Gasteiger partial charge in [0.25, 0.3) is 0 Å². The molecule has 0 aromatic heterocycles. The van der Waals surface area contributed by atoms with E-state index in [1.54, 1.807) is 0 Å². The second kappa shape index (κ2) is 7.44. The summed E-state index contributed by atoms with van der Waals surface area (Å²) in [5.41, 5.74) is -1.44. The average Bonchev–Trinajstić information content (AvgIpc) is 2.79. The van der Waals surface area contributed by atoms with Gasteiger partial charge in [0.1, 0.15) is 0 Å². The van der Waals surface area contributed by atoms with Crippen molar-refractivity contribution in [2.45, 2.75) is 44.8 Å². The highest BCUT2D eigenvalue weighted by molar-refractivity contribution is 5.74. The molecule has 2 atom stereocenters. The first-order valence-electron chi connectivity index (χ1n) is 7.04. The van der Waals surface area contributed by atoms with E-state index >= 15 is 0 Å². The van der Waals surface area contributed by atoms with Gasteiger partial charge in [-0.1, -0.05) is 6.92 Å². The number of hydrogen-bond acceptors (Lipinski definition) is 4. The summed E-state index contributed by atoms with van der Waals surface area (Å²) >= 11 is 0. The molecule has 7 heteroatoms. The maximum Gasteiger partial charge on any atom is 0.314 e. The Labute approximate surface area is 119 Å². The molecule has 0 saturated carbocycles. The summed E-state index contributed by atoms with van der Waals surface area (Å²) in [5, 5.41) is 23.7. The number of carboxylic acids is 1. The molecule has 2 unspecified atom stereocenters. The second-order valence-corrected chi connectivity index (χ2v) is 5.56. The van der Waals surface area contributed by atoms with Crippen molar-refractivity contribution in [3.8, 4) is 0 Å². The molecule has 1 aliphatic heterocycles. The fourth-order valence-electron chi connectivity index (χ4n) is 2.47. The molecule has 116 valence electrons. The number of nitrogens with one attached hydrogen (secondary N) is 2. The number of carboxylic acid groups (broad SMARTS) is 1. The van der Waals surface area contributed by atoms with Crippen LogP contribution in [0.3, 0.4) is 0 Å². The smallest absolute Gasteiger partial charge is 0.314 e. The molecular formula is C13H25N3O4. The lowest BCUT2D eigenvalue weighted by molar-refractivity contribution is -0.141. The monoisotopic (exact) mass is 287 g/mol. The molecule has 2 amide bonds. The van der Waals surface area contributed by atoms with E-state index in [1.807, 2.05) is 0 Å². The van der Waals surface area contributed by atoms with Crippen LogP contribution in [0.25, 0.3) is 0 Å². The SMILES string of the molecule is CCN1CCCC1CNC(=O)NCC(C)(O)CC(=O)O. The predicted octanol–water partition coefficient (Wildman–Crippen LogP) is -0.00440. The van der Waals surface area contributed by atoms with E-state index in [9.17, 15) is 14.7 Å². The maximum absolute atomic E-state index is 11.6. The van der Waals surface area contributed by atoms with Crippen molar-refractivity contribution >= 4 is 12.0 Å². The van der Waals surface area contributed by atoms with E-state index in [4.69, 9.17) is 5.11 Å². The standard InChI is InChI=1S/C13H25N3O4/c1-3-16-6-4-5-10(16)8-14-12(19)15-9-13(2,20)7-11(17)18/h10,20H,3-9H2,1-2H3,(H,17,18)(H2,14,15,19). The summed E-state index contributed by atoms with van der Waals surface area (Å²) in [6.45, 7) is 6.01. The van der Waals surface area contributed by atoms with Crippen molar-refractivity contribution in [3.05, 3.63) is 0 Å². The van der Waals surface area contributed by atoms with E-state index < -0.39 is 18.0 Å². The van der Waals surface area contributed by atoms with Gasteiger partial charge in [-0.3, -0.25) is 9.69 Å². The largest absolute Gasteiger partial charge is 0.481 e. The van der Waals surface area contributed by atoms with Crippen molar-refractivity contribution in [1.29, 1.82) is 0 Å². The molecule has 0 bridgehead atoms. The Morgan fingerprint density at radius 1 is 1.40 bits per heavy atom. The topological polar surface area (TPSA) is 102 Å². The zero-order chi connectivity index (χ0) is 15.2. The van der Waals surface area contributed by atoms with Crippen LogP contribution in [0.4, 0.5) is 4.79 Å². The third kappa shape index (κ3) is 5.75. The van der Waals surface area contributed by atoms with E-state index in [2.05, 4.69) is 22.5 Å². The normalized spacial score (nSPS) is 22.2. The molecule has 0 aromatic rings. The van der Waals surface area contributed by atoms with Crippen LogP contribution in [-0.2, 0) is 4.79 Å². The number of likely N-dealkylation sites (N-methyl/N-ethyl adjacent to an activating group) is 1. The fourth-order valence-corrected chi connectivity index (χ4v) is 2.47. The van der Waals surface area contributed by atoms with Crippen LogP contribution >= 0.6 is 0 Å². The Morgan fingerprint density at radius 2 is 2.10 bits per heavy atom. The highest BCUT2D eigenvalue weighted by Crippen LogP contribution is 2.15. The molecule has 0 aromatic carbocycles. The number of aliphatic carboxylic acids is 1. The van der Waals surface area contributed by atoms with Crippen LogP contribution in [0.15, 0.2) is 0 Å². The minimum Gasteiger partial charge on any atom is -0.481 e. The number of carbonyl (C=O) groups is 2. The molecule has 1 rings (SSSR count). The van der Waals surface area contributed by atoms with Crippen LogP contribution in [0, 0.1) is 0 Å². The molecule has 7 nitrogen and oxygen atoms in total. The molecule has 0 radical (unpaired) electrons. The lowest BCUT2D eigenvalue weighted by Gasteiger charge is -2.24. The number of urea groups is 1. The first kappa shape index (κ1) is 16.7. The van der Waals surface area contributed by atoms with Gasteiger partial charge >= 0.3 is 12.0 Å². The minimum absolute atomic E-state index is 0.0900. The molecular weight excluding hydrogens is 262 g/mol. The summed E-state index contributed by atoms with van der Waals surface area (Å²) in [6, 6.07) is -0.0103. The number of rotatable bonds is 7. The van der Waals surface area contributed by atoms with Gasteiger partial charge in [0.05, 0.1) is 12.0 Å². The summed E-state index contributed by atoms with van der Waals surface area (Å²) in [6.07, 6.45) is 1.82. The van der Waals surface area contributed by atoms with Crippen molar-refractivity contribution in [2.24, 2.45) is 0 Å². The first-order valence-corrected chi connectivity index (χ1v) is 7.04. The number of hydrogen-bond donors (Lipinski definition) is 4. The van der Waals surface area contributed by atoms with Crippen molar-refractivity contribution < 1.29 is 19.8 Å². The number of likely N-dealkylation sites (tertiary alicyclic amines) is 1. The van der Waals surface area contributed by atoms with Crippen LogP contribution in [0.5, 0.6) is 0 Å². The Balaban J connectivity index is 2.25. The van der Waals surface area contributed by atoms with Gasteiger partial charge in [0, 0.05) is 19.1 Å². The lowest BCUT2D eigenvalue weighted by atomic mass is 10.0. The Morgan fingerprint density at radius 3 is 2.70 bits per heavy atom. The van der Waals surface area contributed by atoms with Gasteiger partial charge in [-0.25, -0.2) is 4.79 Å². The third-order valence-electron chi connectivity index (χ3n) is 3.57. The molecule has 20 heavy (non-hydrogen) atoms. The van der Waals surface area contributed by atoms with Gasteiger partial charge in [-0.2, -0.15) is 0 Å². The molecule has 1 fully saturated rings. The number of aliphatic hydroxyl groups is 1. The molecule has 4 N–H and O–H groups in total. The zero-order valence-electron chi connectivity index (χ0n) is 12.2. The van der Waals surface area contributed by atoms with Gasteiger partial charge in [0.2, 0.25) is 0 Å². The zero-order valence-corrected chi connectivity index (χ0v) is 12.2. The van der Waals surface area contributed by atoms with E-state index in [-0.39, 0.29) is 12.6 Å². The van der Waals surface area contributed by atoms with E-state index in [1.165, 1.54) is 6.92 Å². The summed E-state index contributed by atoms with van der Waals surface area (Å²) < 4.78 is 0. The van der Waals surface area contributed by atoms with E-state index in [0.717, 1.165) is 25.9 Å². The number of amides is 2. The summed E-state index contributed by atoms with van der Waals surface area (Å²) in [5.74, 6) is -1.10. The van der Waals surface area contributed by atoms with Crippen LogP contribution in [0.2, 0.25) is 0 Å². The summed E-state index contributed by atoms with van der Waals surface area (Å²) in [4.78, 5) is 24.5. The lowest BCUT2D eigenvalue weighted by Crippen LogP contribution is -2.48. The van der Waals surface area contributed by atoms with Crippen molar-refractivity contribution in [3.63, 3.8) is 0 Å². The predicted molar refractivity (Wildman–Crippen MR) is 74.5 cm³/mol. The summed E-state index contributed by atoms with van der Waals surface area (Å²) in [7, 11) is 0. The number of nitrogens with zero attached hydrogens (tertiary/aromatic N) is 1. The van der Waals surface area contributed by atoms with Crippen LogP contribution in [-0.4, -0.2) is 64.9 Å². The van der Waals surface area contributed by atoms with Crippen LogP contribution < -0.4 is 10.6 Å². The van der Waals surface area contributed by atoms with E-state index in [0.29, 0.717) is 12.6 Å². The quantitative estimate of drug-likeness (QED) is 0.528. The average molecular weight is 287 g/mol.